The number of hydroxylamine groups is 1. The molecule has 0 saturated heterocycles. The minimum absolute atomic E-state index is 0.173. The molecule has 1 saturated carbocycles. The Hall–Kier alpha value is -3.28. The number of hydrogen-bond acceptors (Lipinski definition) is 5. The monoisotopic (exact) mass is 610 g/mol. The molecule has 1 aliphatic carbocycles. The highest BCUT2D eigenvalue weighted by Crippen LogP contribution is 2.46. The maximum Gasteiger partial charge on any atom is 0.279 e. The number of halogens is 1. The van der Waals surface area contributed by atoms with Crippen molar-refractivity contribution < 1.29 is 22.8 Å². The summed E-state index contributed by atoms with van der Waals surface area (Å²) in [6.45, 7) is 0.173. The zero-order chi connectivity index (χ0) is 29.9. The third-order valence-electron chi connectivity index (χ3n) is 7.99. The van der Waals surface area contributed by atoms with Gasteiger partial charge < -0.3 is 4.90 Å². The molecule has 0 radical (unpaired) electrons. The second kappa shape index (κ2) is 12.9. The number of rotatable bonds is 9. The van der Waals surface area contributed by atoms with Gasteiger partial charge in [0.05, 0.1) is 18.6 Å². The van der Waals surface area contributed by atoms with Crippen LogP contribution in [-0.4, -0.2) is 55.6 Å². The number of benzene rings is 3. The molecule has 42 heavy (non-hydrogen) atoms. The minimum atomic E-state index is -3.77. The van der Waals surface area contributed by atoms with Crippen molar-refractivity contribution in [1.29, 1.82) is 0 Å². The van der Waals surface area contributed by atoms with Gasteiger partial charge >= 0.3 is 0 Å². The van der Waals surface area contributed by atoms with Gasteiger partial charge in [-0.1, -0.05) is 85.1 Å². The number of nitrogens with zero attached hydrogens (tertiary/aromatic N) is 2. The van der Waals surface area contributed by atoms with Crippen LogP contribution in [-0.2, 0) is 26.4 Å². The quantitative estimate of drug-likeness (QED) is 0.345. The molecular formula is C31H35ClN4O5S. The first-order valence-corrected chi connectivity index (χ1v) is 15.8. The molecule has 1 heterocycles. The van der Waals surface area contributed by atoms with Gasteiger partial charge in [0.15, 0.2) is 0 Å². The fourth-order valence-corrected chi connectivity index (χ4v) is 6.91. The van der Waals surface area contributed by atoms with Gasteiger partial charge in [-0.05, 0) is 47.7 Å². The van der Waals surface area contributed by atoms with E-state index in [1.807, 2.05) is 42.5 Å². The van der Waals surface area contributed by atoms with Crippen molar-refractivity contribution in [3.05, 3.63) is 106 Å². The van der Waals surface area contributed by atoms with Crippen LogP contribution in [0.3, 0.4) is 0 Å². The van der Waals surface area contributed by atoms with Gasteiger partial charge in [0.25, 0.3) is 22.0 Å². The molecule has 0 aromatic heterocycles. The first-order valence-electron chi connectivity index (χ1n) is 14.0. The topological polar surface area (TPSA) is 108 Å². The highest BCUT2D eigenvalue weighted by Gasteiger charge is 2.49. The first kappa shape index (κ1) is 30.2. The average molecular weight is 611 g/mol. The predicted molar refractivity (Wildman–Crippen MR) is 161 cm³/mol. The summed E-state index contributed by atoms with van der Waals surface area (Å²) in [6, 6.07) is 21.9. The molecule has 1 aliphatic heterocycles. The van der Waals surface area contributed by atoms with Crippen LogP contribution in [0.1, 0.15) is 64.7 Å². The van der Waals surface area contributed by atoms with Crippen LogP contribution in [0.2, 0.25) is 5.02 Å². The Bertz CT molecular complexity index is 1520. The molecule has 3 aromatic carbocycles. The van der Waals surface area contributed by atoms with E-state index in [0.29, 0.717) is 34.6 Å². The summed E-state index contributed by atoms with van der Waals surface area (Å²) in [5.74, 6) is -1.48. The van der Waals surface area contributed by atoms with Crippen LogP contribution < -0.4 is 10.2 Å². The highest BCUT2D eigenvalue weighted by molar-refractivity contribution is 7.87. The summed E-state index contributed by atoms with van der Waals surface area (Å²) < 4.78 is 29.8. The number of carbonyl (C=O) groups is 2. The smallest absolute Gasteiger partial charge is 0.279 e. The molecular weight excluding hydrogens is 576 g/mol. The molecule has 3 aromatic rings. The van der Waals surface area contributed by atoms with Crippen molar-refractivity contribution in [1.82, 2.24) is 19.4 Å². The fraction of sp³-hybridized carbons (Fsp3) is 0.355. The summed E-state index contributed by atoms with van der Waals surface area (Å²) in [5.41, 5.74) is 5.23. The molecule has 0 spiro atoms. The Balaban J connectivity index is 1.57. The van der Waals surface area contributed by atoms with Gasteiger partial charge in [-0.15, -0.1) is 0 Å². The predicted octanol–water partition coefficient (Wildman–Crippen LogP) is 4.58. The lowest BCUT2D eigenvalue weighted by atomic mass is 9.76. The lowest BCUT2D eigenvalue weighted by molar-refractivity contribution is -0.138. The molecule has 9 nitrogen and oxygen atoms in total. The SMILES string of the molecule is CN(C)S(=O)(=O)N[C@H]1CCCCC1N1C(=O)c2ccccc2[C@@H](C(=O)NOCc2ccccc2)[C@@H]1c1ccc(Cl)cc1. The van der Waals surface area contributed by atoms with Crippen LogP contribution in [0.4, 0.5) is 0 Å². The van der Waals surface area contributed by atoms with Crippen LogP contribution in [0, 0.1) is 0 Å². The molecule has 0 bridgehead atoms. The third kappa shape index (κ3) is 6.38. The van der Waals surface area contributed by atoms with Crippen molar-refractivity contribution in [3.63, 3.8) is 0 Å². The number of amides is 2. The van der Waals surface area contributed by atoms with E-state index in [9.17, 15) is 18.0 Å². The zero-order valence-electron chi connectivity index (χ0n) is 23.6. The number of fused-ring (bicyclic) bond motifs is 1. The summed E-state index contributed by atoms with van der Waals surface area (Å²) in [4.78, 5) is 35.7. The van der Waals surface area contributed by atoms with Crippen LogP contribution in [0.5, 0.6) is 0 Å². The van der Waals surface area contributed by atoms with E-state index in [4.69, 9.17) is 16.4 Å². The Morgan fingerprint density at radius 1 is 0.976 bits per heavy atom. The number of nitrogens with one attached hydrogen (secondary N) is 2. The van der Waals surface area contributed by atoms with Crippen LogP contribution >= 0.6 is 11.6 Å². The summed E-state index contributed by atoms with van der Waals surface area (Å²) in [7, 11) is -0.841. The Morgan fingerprint density at radius 3 is 2.36 bits per heavy atom. The van der Waals surface area contributed by atoms with Crippen LogP contribution in [0.25, 0.3) is 0 Å². The van der Waals surface area contributed by atoms with E-state index >= 15 is 0 Å². The Morgan fingerprint density at radius 2 is 1.64 bits per heavy atom. The highest BCUT2D eigenvalue weighted by atomic mass is 35.5. The van der Waals surface area contributed by atoms with Gasteiger partial charge in [-0.3, -0.25) is 14.4 Å². The van der Waals surface area contributed by atoms with Crippen molar-refractivity contribution >= 4 is 33.6 Å². The van der Waals surface area contributed by atoms with E-state index in [2.05, 4.69) is 10.2 Å². The van der Waals surface area contributed by atoms with Crippen molar-refractivity contribution in [2.24, 2.45) is 0 Å². The van der Waals surface area contributed by atoms with Gasteiger partial charge in [0.2, 0.25) is 0 Å². The van der Waals surface area contributed by atoms with Gasteiger partial charge in [0.1, 0.15) is 0 Å². The molecule has 2 amide bonds. The van der Waals surface area contributed by atoms with E-state index in [1.54, 1.807) is 41.3 Å². The Labute approximate surface area is 251 Å². The molecule has 11 heteroatoms. The minimum Gasteiger partial charge on any atom is -0.326 e. The standard InChI is InChI=1S/C31H35ClN4O5S/c1-35(2)42(39,40)34-26-14-8-9-15-27(26)36-29(22-16-18-23(32)19-17-22)28(24-12-6-7-13-25(24)31(36)38)30(37)33-41-20-21-10-4-3-5-11-21/h3-7,10-13,16-19,26-29,34H,8-9,14-15,20H2,1-2H3,(H,33,37)/t26-,27?,28+,29-/m0/s1. The first-order chi connectivity index (χ1) is 20.2. The molecule has 222 valence electrons. The second-order valence-corrected chi connectivity index (χ2v) is 13.2. The lowest BCUT2D eigenvalue weighted by Crippen LogP contribution is -2.60. The molecule has 2 N–H and O–H groups in total. The number of carbonyl (C=O) groups excluding carboxylic acids is 2. The lowest BCUT2D eigenvalue weighted by Gasteiger charge is -2.49. The van der Waals surface area contributed by atoms with Gasteiger partial charge in [-0.25, -0.2) is 5.48 Å². The molecule has 1 fully saturated rings. The largest absolute Gasteiger partial charge is 0.326 e. The second-order valence-electron chi connectivity index (χ2n) is 10.9. The molecule has 1 unspecified atom stereocenters. The Kier molecular flexibility index (Phi) is 9.29. The normalized spacial score (nSPS) is 22.6. The zero-order valence-corrected chi connectivity index (χ0v) is 25.1. The third-order valence-corrected chi connectivity index (χ3v) is 9.81. The molecule has 2 aliphatic rings. The van der Waals surface area contributed by atoms with Gasteiger partial charge in [0, 0.05) is 36.8 Å². The van der Waals surface area contributed by atoms with Gasteiger partial charge in [-0.2, -0.15) is 17.4 Å². The maximum absolute atomic E-state index is 14.3. The summed E-state index contributed by atoms with van der Waals surface area (Å²) >= 11 is 6.24. The van der Waals surface area contributed by atoms with Crippen molar-refractivity contribution in [3.8, 4) is 0 Å². The fourth-order valence-electron chi connectivity index (χ4n) is 5.92. The van der Waals surface area contributed by atoms with Crippen LogP contribution in [0.15, 0.2) is 78.9 Å². The molecule has 5 rings (SSSR count). The summed E-state index contributed by atoms with van der Waals surface area (Å²) in [6.07, 6.45) is 2.78. The van der Waals surface area contributed by atoms with Crippen molar-refractivity contribution in [2.75, 3.05) is 14.1 Å². The number of hydrogen-bond donors (Lipinski definition) is 2. The maximum atomic E-state index is 14.3. The van der Waals surface area contributed by atoms with E-state index < -0.39 is 40.2 Å². The summed E-state index contributed by atoms with van der Waals surface area (Å²) in [5, 5.41) is 0.523. The van der Waals surface area contributed by atoms with E-state index in [0.717, 1.165) is 22.7 Å². The van der Waals surface area contributed by atoms with E-state index in [1.165, 1.54) is 14.1 Å². The molecule has 4 atom stereocenters. The average Bonchev–Trinajstić information content (AvgIpc) is 2.98. The van der Waals surface area contributed by atoms with E-state index in [-0.39, 0.29) is 12.5 Å². The van der Waals surface area contributed by atoms with Crippen molar-refractivity contribution in [2.45, 2.75) is 56.3 Å².